The molecule has 5 nitrogen and oxygen atoms in total. The third kappa shape index (κ3) is 3.99. The lowest BCUT2D eigenvalue weighted by atomic mass is 10.1. The van der Waals surface area contributed by atoms with E-state index >= 15 is 0 Å². The first kappa shape index (κ1) is 14.0. The van der Waals surface area contributed by atoms with Crippen molar-refractivity contribution in [3.63, 3.8) is 0 Å². The SMILES string of the molecule is CC(OS(C)(=O)=O)c1ccc(C(=O)O)c(Cl)c1. The molecule has 0 fully saturated rings. The van der Waals surface area contributed by atoms with Crippen LogP contribution >= 0.6 is 11.6 Å². The Morgan fingerprint density at radius 3 is 2.47 bits per heavy atom. The van der Waals surface area contributed by atoms with Gasteiger partial charge in [0.1, 0.15) is 0 Å². The molecule has 94 valence electrons. The lowest BCUT2D eigenvalue weighted by molar-refractivity contribution is 0.0697. The van der Waals surface area contributed by atoms with E-state index in [4.69, 9.17) is 20.9 Å². The second kappa shape index (κ2) is 5.03. The second-order valence-electron chi connectivity index (χ2n) is 3.49. The predicted molar refractivity (Wildman–Crippen MR) is 62.8 cm³/mol. The van der Waals surface area contributed by atoms with Gasteiger partial charge in [-0.05, 0) is 24.6 Å². The number of rotatable bonds is 4. The molecule has 0 aliphatic rings. The Balaban J connectivity index is 3.02. The number of carboxylic acids is 1. The molecular formula is C10H11ClO5S. The number of hydrogen-bond acceptors (Lipinski definition) is 4. The average molecular weight is 279 g/mol. The molecule has 0 bridgehead atoms. The van der Waals surface area contributed by atoms with Crippen molar-refractivity contribution in [1.29, 1.82) is 0 Å². The molecule has 1 atom stereocenters. The smallest absolute Gasteiger partial charge is 0.337 e. The van der Waals surface area contributed by atoms with Crippen LogP contribution in [0.1, 0.15) is 28.9 Å². The minimum Gasteiger partial charge on any atom is -0.478 e. The van der Waals surface area contributed by atoms with Crippen LogP contribution in [-0.4, -0.2) is 25.7 Å². The summed E-state index contributed by atoms with van der Waals surface area (Å²) in [5.41, 5.74) is 0.451. The molecule has 17 heavy (non-hydrogen) atoms. The van der Waals surface area contributed by atoms with E-state index in [9.17, 15) is 13.2 Å². The lowest BCUT2D eigenvalue weighted by Gasteiger charge is -2.12. The van der Waals surface area contributed by atoms with Crippen molar-refractivity contribution < 1.29 is 22.5 Å². The maximum absolute atomic E-state index is 10.9. The summed E-state index contributed by atoms with van der Waals surface area (Å²) in [5.74, 6) is -1.14. The van der Waals surface area contributed by atoms with Crippen LogP contribution in [0, 0.1) is 0 Å². The summed E-state index contributed by atoms with van der Waals surface area (Å²) < 4.78 is 26.6. The highest BCUT2D eigenvalue weighted by Crippen LogP contribution is 2.24. The first-order valence-electron chi connectivity index (χ1n) is 4.61. The minimum atomic E-state index is -3.57. The van der Waals surface area contributed by atoms with E-state index in [0.717, 1.165) is 6.26 Å². The third-order valence-electron chi connectivity index (χ3n) is 2.01. The Morgan fingerprint density at radius 1 is 1.47 bits per heavy atom. The van der Waals surface area contributed by atoms with Crippen molar-refractivity contribution in [1.82, 2.24) is 0 Å². The van der Waals surface area contributed by atoms with Crippen LogP contribution in [0.25, 0.3) is 0 Å². The molecule has 0 aliphatic heterocycles. The van der Waals surface area contributed by atoms with Crippen molar-refractivity contribution in [3.8, 4) is 0 Å². The van der Waals surface area contributed by atoms with Crippen molar-refractivity contribution >= 4 is 27.7 Å². The summed E-state index contributed by atoms with van der Waals surface area (Å²) >= 11 is 5.75. The van der Waals surface area contributed by atoms with E-state index < -0.39 is 22.2 Å². The largest absolute Gasteiger partial charge is 0.478 e. The van der Waals surface area contributed by atoms with Crippen LogP contribution in [0.3, 0.4) is 0 Å². The van der Waals surface area contributed by atoms with Crippen LogP contribution in [0.4, 0.5) is 0 Å². The standard InChI is InChI=1S/C10H11ClO5S/c1-6(16-17(2,14)15)7-3-4-8(10(12)13)9(11)5-7/h3-6H,1-2H3,(H,12,13). The van der Waals surface area contributed by atoms with Gasteiger partial charge in [0.25, 0.3) is 10.1 Å². The van der Waals surface area contributed by atoms with Crippen molar-refractivity contribution in [3.05, 3.63) is 34.3 Å². The Labute approximate surface area is 104 Å². The van der Waals surface area contributed by atoms with Gasteiger partial charge in [0.2, 0.25) is 0 Å². The average Bonchev–Trinajstić information content (AvgIpc) is 2.14. The van der Waals surface area contributed by atoms with Gasteiger partial charge < -0.3 is 5.11 Å². The van der Waals surface area contributed by atoms with E-state index in [0.29, 0.717) is 5.56 Å². The maximum Gasteiger partial charge on any atom is 0.337 e. The predicted octanol–water partition coefficient (Wildman–Crippen LogP) is 2.08. The zero-order chi connectivity index (χ0) is 13.2. The third-order valence-corrected chi connectivity index (χ3v) is 2.96. The van der Waals surface area contributed by atoms with Gasteiger partial charge in [0.15, 0.2) is 0 Å². The van der Waals surface area contributed by atoms with Crippen LogP contribution < -0.4 is 0 Å². The van der Waals surface area contributed by atoms with Gasteiger partial charge in [-0.25, -0.2) is 4.79 Å². The first-order valence-corrected chi connectivity index (χ1v) is 6.81. The van der Waals surface area contributed by atoms with E-state index in [1.165, 1.54) is 25.1 Å². The summed E-state index contributed by atoms with van der Waals surface area (Å²) in [6.07, 6.45) is 0.224. The molecule has 0 spiro atoms. The van der Waals surface area contributed by atoms with Crippen LogP contribution in [0.15, 0.2) is 18.2 Å². The second-order valence-corrected chi connectivity index (χ2v) is 5.49. The lowest BCUT2D eigenvalue weighted by Crippen LogP contribution is -2.08. The highest BCUT2D eigenvalue weighted by atomic mass is 35.5. The molecule has 1 aromatic carbocycles. The summed E-state index contributed by atoms with van der Waals surface area (Å²) in [6.45, 7) is 1.53. The molecule has 0 aliphatic carbocycles. The van der Waals surface area contributed by atoms with Crippen molar-refractivity contribution in [2.45, 2.75) is 13.0 Å². The van der Waals surface area contributed by atoms with Gasteiger partial charge in [-0.3, -0.25) is 4.18 Å². The van der Waals surface area contributed by atoms with E-state index in [2.05, 4.69) is 0 Å². The first-order chi connectivity index (χ1) is 7.70. The van der Waals surface area contributed by atoms with Gasteiger partial charge in [0.05, 0.1) is 22.9 Å². The van der Waals surface area contributed by atoms with Gasteiger partial charge in [-0.1, -0.05) is 17.7 Å². The van der Waals surface area contributed by atoms with Crippen molar-refractivity contribution in [2.24, 2.45) is 0 Å². The zero-order valence-corrected chi connectivity index (χ0v) is 10.7. The van der Waals surface area contributed by atoms with E-state index in [1.807, 2.05) is 0 Å². The molecule has 0 radical (unpaired) electrons. The number of benzene rings is 1. The molecule has 0 amide bonds. The molecule has 0 saturated carbocycles. The number of hydrogen-bond donors (Lipinski definition) is 1. The topological polar surface area (TPSA) is 80.7 Å². The van der Waals surface area contributed by atoms with Gasteiger partial charge in [-0.15, -0.1) is 0 Å². The molecule has 1 unspecified atom stereocenters. The fourth-order valence-electron chi connectivity index (χ4n) is 1.28. The summed E-state index contributed by atoms with van der Waals surface area (Å²) in [5, 5.41) is 8.81. The molecule has 7 heteroatoms. The normalized spacial score (nSPS) is 13.4. The minimum absolute atomic E-state index is 0.0398. The van der Waals surface area contributed by atoms with Crippen LogP contribution in [0.5, 0.6) is 0 Å². The molecule has 0 aromatic heterocycles. The number of aromatic carboxylic acids is 1. The molecule has 1 aromatic rings. The Bertz CT molecular complexity index is 538. The highest BCUT2D eigenvalue weighted by Gasteiger charge is 2.15. The van der Waals surface area contributed by atoms with Crippen molar-refractivity contribution in [2.75, 3.05) is 6.26 Å². The summed E-state index contributed by atoms with van der Waals surface area (Å²) in [7, 11) is -3.57. The fourth-order valence-corrected chi connectivity index (χ4v) is 2.18. The zero-order valence-electron chi connectivity index (χ0n) is 9.18. The van der Waals surface area contributed by atoms with Crippen LogP contribution in [0.2, 0.25) is 5.02 Å². The number of carboxylic acid groups (broad SMARTS) is 1. The highest BCUT2D eigenvalue weighted by molar-refractivity contribution is 7.86. The van der Waals surface area contributed by atoms with Crippen LogP contribution in [-0.2, 0) is 14.3 Å². The van der Waals surface area contributed by atoms with Gasteiger partial charge in [-0.2, -0.15) is 8.42 Å². The summed E-state index contributed by atoms with van der Waals surface area (Å²) in [4.78, 5) is 10.7. The Morgan fingerprint density at radius 2 is 2.06 bits per heavy atom. The van der Waals surface area contributed by atoms with Gasteiger partial charge in [0, 0.05) is 0 Å². The monoisotopic (exact) mass is 278 g/mol. The quantitative estimate of drug-likeness (QED) is 0.853. The summed E-state index contributed by atoms with van der Waals surface area (Å²) in [6, 6.07) is 4.15. The fraction of sp³-hybridized carbons (Fsp3) is 0.300. The molecule has 0 heterocycles. The molecular weight excluding hydrogens is 268 g/mol. The maximum atomic E-state index is 10.9. The van der Waals surface area contributed by atoms with Gasteiger partial charge >= 0.3 is 5.97 Å². The Kier molecular flexibility index (Phi) is 4.13. The number of halogens is 1. The number of carbonyl (C=O) groups is 1. The van der Waals surface area contributed by atoms with E-state index in [1.54, 1.807) is 0 Å². The molecule has 0 saturated heterocycles. The molecule has 1 rings (SSSR count). The molecule has 1 N–H and O–H groups in total. The Hall–Kier alpha value is -1.11. The van der Waals surface area contributed by atoms with E-state index in [-0.39, 0.29) is 10.6 Å².